The summed E-state index contributed by atoms with van der Waals surface area (Å²) in [5.74, 6) is 0.0471. The molecule has 0 aliphatic carbocycles. The van der Waals surface area contributed by atoms with Gasteiger partial charge in [-0.25, -0.2) is 4.79 Å². The maximum atomic E-state index is 12.3. The molecule has 0 aromatic heterocycles. The quantitative estimate of drug-likeness (QED) is 0.798. The second-order valence-electron chi connectivity index (χ2n) is 6.60. The monoisotopic (exact) mass is 365 g/mol. The zero-order chi connectivity index (χ0) is 19.2. The van der Waals surface area contributed by atoms with Crippen molar-refractivity contribution in [2.24, 2.45) is 0 Å². The molecular formula is C22H23NO4. The van der Waals surface area contributed by atoms with Crippen molar-refractivity contribution in [3.63, 3.8) is 0 Å². The lowest BCUT2D eigenvalue weighted by Crippen LogP contribution is -2.38. The van der Waals surface area contributed by atoms with Crippen molar-refractivity contribution < 1.29 is 19.1 Å². The number of hydrogen-bond donors (Lipinski definition) is 1. The summed E-state index contributed by atoms with van der Waals surface area (Å²) in [7, 11) is 0. The van der Waals surface area contributed by atoms with E-state index in [1.807, 2.05) is 61.5 Å². The first-order chi connectivity index (χ1) is 13.0. The number of nitrogens with one attached hydrogen (secondary N) is 1. The van der Waals surface area contributed by atoms with Gasteiger partial charge in [-0.05, 0) is 30.5 Å². The molecular weight excluding hydrogens is 342 g/mol. The standard InChI is InChI=1S/C22H23NO4/c1-15(17-8-4-3-5-9-17)13-23-21(24)16(2)27-22(25)19-12-18-10-6-7-11-20(18)26-14-19/h3-12,15-16H,13-14H2,1-2H3,(H,23,24)/t15-,16+/m0/s1. The van der Waals surface area contributed by atoms with E-state index >= 15 is 0 Å². The highest BCUT2D eigenvalue weighted by Crippen LogP contribution is 2.26. The number of esters is 1. The number of para-hydroxylation sites is 1. The maximum absolute atomic E-state index is 12.3. The summed E-state index contributed by atoms with van der Waals surface area (Å²) in [5.41, 5.74) is 2.36. The molecule has 5 nitrogen and oxygen atoms in total. The van der Waals surface area contributed by atoms with Crippen molar-refractivity contribution in [3.8, 4) is 5.75 Å². The lowest BCUT2D eigenvalue weighted by molar-refractivity contribution is -0.151. The van der Waals surface area contributed by atoms with Gasteiger partial charge in [0.05, 0.1) is 5.57 Å². The van der Waals surface area contributed by atoms with E-state index in [9.17, 15) is 9.59 Å². The van der Waals surface area contributed by atoms with Crippen LogP contribution in [0.15, 0.2) is 60.2 Å². The van der Waals surface area contributed by atoms with E-state index < -0.39 is 12.1 Å². The van der Waals surface area contributed by atoms with Crippen LogP contribution in [-0.2, 0) is 14.3 Å². The lowest BCUT2D eigenvalue weighted by atomic mass is 10.0. The largest absolute Gasteiger partial charge is 0.488 e. The van der Waals surface area contributed by atoms with E-state index in [1.165, 1.54) is 0 Å². The molecule has 0 saturated carbocycles. The van der Waals surface area contributed by atoms with Crippen molar-refractivity contribution in [3.05, 3.63) is 71.3 Å². The van der Waals surface area contributed by atoms with Crippen LogP contribution in [0.5, 0.6) is 5.75 Å². The summed E-state index contributed by atoms with van der Waals surface area (Å²) in [6.07, 6.45) is 0.863. The predicted molar refractivity (Wildman–Crippen MR) is 103 cm³/mol. The number of carbonyl (C=O) groups excluding carboxylic acids is 2. The molecule has 1 N–H and O–H groups in total. The molecule has 1 heterocycles. The first kappa shape index (κ1) is 18.7. The fourth-order valence-corrected chi connectivity index (χ4v) is 2.82. The molecule has 0 fully saturated rings. The molecule has 0 saturated heterocycles. The Morgan fingerprint density at radius 1 is 1.07 bits per heavy atom. The molecule has 0 unspecified atom stereocenters. The van der Waals surface area contributed by atoms with Gasteiger partial charge in [0, 0.05) is 12.1 Å². The Bertz CT molecular complexity index is 844. The molecule has 2 atom stereocenters. The number of rotatable bonds is 6. The fraction of sp³-hybridized carbons (Fsp3) is 0.273. The van der Waals surface area contributed by atoms with Crippen molar-refractivity contribution >= 4 is 18.0 Å². The van der Waals surface area contributed by atoms with Crippen molar-refractivity contribution in [1.29, 1.82) is 0 Å². The molecule has 1 aliphatic rings. The van der Waals surface area contributed by atoms with Crippen LogP contribution in [0.2, 0.25) is 0 Å². The zero-order valence-corrected chi connectivity index (χ0v) is 15.5. The van der Waals surface area contributed by atoms with Gasteiger partial charge in [0.15, 0.2) is 6.10 Å². The van der Waals surface area contributed by atoms with Gasteiger partial charge in [0.25, 0.3) is 5.91 Å². The zero-order valence-electron chi connectivity index (χ0n) is 15.5. The van der Waals surface area contributed by atoms with E-state index in [1.54, 1.807) is 13.0 Å². The summed E-state index contributed by atoms with van der Waals surface area (Å²) in [5, 5.41) is 2.84. The maximum Gasteiger partial charge on any atom is 0.338 e. The van der Waals surface area contributed by atoms with Crippen molar-refractivity contribution in [2.75, 3.05) is 13.2 Å². The fourth-order valence-electron chi connectivity index (χ4n) is 2.82. The van der Waals surface area contributed by atoms with Gasteiger partial charge >= 0.3 is 5.97 Å². The van der Waals surface area contributed by atoms with Crippen molar-refractivity contribution in [2.45, 2.75) is 25.9 Å². The molecule has 2 aromatic rings. The summed E-state index contributed by atoms with van der Waals surface area (Å²) in [6.45, 7) is 4.21. The molecule has 5 heteroatoms. The highest BCUT2D eigenvalue weighted by atomic mass is 16.6. The van der Waals surface area contributed by atoms with Crippen LogP contribution in [-0.4, -0.2) is 31.1 Å². The second-order valence-corrected chi connectivity index (χ2v) is 6.60. The third-order valence-electron chi connectivity index (χ3n) is 4.50. The number of hydrogen-bond acceptors (Lipinski definition) is 4. The van der Waals surface area contributed by atoms with Crippen LogP contribution in [0.4, 0.5) is 0 Å². The number of carbonyl (C=O) groups is 2. The highest BCUT2D eigenvalue weighted by Gasteiger charge is 2.23. The first-order valence-electron chi connectivity index (χ1n) is 9.00. The van der Waals surface area contributed by atoms with E-state index in [0.29, 0.717) is 12.1 Å². The Kier molecular flexibility index (Phi) is 5.91. The second kappa shape index (κ2) is 8.54. The van der Waals surface area contributed by atoms with Crippen LogP contribution in [0.3, 0.4) is 0 Å². The predicted octanol–water partition coefficient (Wildman–Crippen LogP) is 3.31. The summed E-state index contributed by atoms with van der Waals surface area (Å²) in [6, 6.07) is 17.4. The minimum atomic E-state index is -0.876. The van der Waals surface area contributed by atoms with Crippen LogP contribution in [0.1, 0.15) is 30.9 Å². The van der Waals surface area contributed by atoms with Gasteiger partial charge < -0.3 is 14.8 Å². The molecule has 2 aromatic carbocycles. The summed E-state index contributed by atoms with van der Waals surface area (Å²) >= 11 is 0. The van der Waals surface area contributed by atoms with Crippen LogP contribution < -0.4 is 10.1 Å². The molecule has 0 radical (unpaired) electrons. The van der Waals surface area contributed by atoms with Gasteiger partial charge in [-0.15, -0.1) is 0 Å². The molecule has 27 heavy (non-hydrogen) atoms. The van der Waals surface area contributed by atoms with E-state index in [2.05, 4.69) is 5.32 Å². The molecule has 140 valence electrons. The van der Waals surface area contributed by atoms with Gasteiger partial charge in [-0.3, -0.25) is 4.79 Å². The minimum absolute atomic E-state index is 0.134. The van der Waals surface area contributed by atoms with E-state index in [0.717, 1.165) is 16.9 Å². The van der Waals surface area contributed by atoms with Crippen LogP contribution in [0, 0.1) is 0 Å². The van der Waals surface area contributed by atoms with Gasteiger partial charge in [-0.2, -0.15) is 0 Å². The highest BCUT2D eigenvalue weighted by molar-refractivity contribution is 5.96. The normalized spacial score (nSPS) is 14.8. The lowest BCUT2D eigenvalue weighted by Gasteiger charge is -2.19. The Balaban J connectivity index is 1.52. The van der Waals surface area contributed by atoms with Crippen molar-refractivity contribution in [1.82, 2.24) is 5.32 Å². The van der Waals surface area contributed by atoms with Gasteiger partial charge in [-0.1, -0.05) is 55.5 Å². The van der Waals surface area contributed by atoms with Crippen LogP contribution in [0.25, 0.3) is 6.08 Å². The van der Waals surface area contributed by atoms with E-state index in [4.69, 9.17) is 9.47 Å². The summed E-state index contributed by atoms with van der Waals surface area (Å²) < 4.78 is 10.9. The third kappa shape index (κ3) is 4.76. The Labute approximate surface area is 159 Å². The Morgan fingerprint density at radius 2 is 1.78 bits per heavy atom. The Morgan fingerprint density at radius 3 is 2.56 bits per heavy atom. The Hall–Kier alpha value is -3.08. The molecule has 1 aliphatic heterocycles. The summed E-state index contributed by atoms with van der Waals surface area (Å²) in [4.78, 5) is 24.6. The molecule has 1 amide bonds. The topological polar surface area (TPSA) is 64.6 Å². The molecule has 0 bridgehead atoms. The number of fused-ring (bicyclic) bond motifs is 1. The minimum Gasteiger partial charge on any atom is -0.488 e. The van der Waals surface area contributed by atoms with Gasteiger partial charge in [0.1, 0.15) is 12.4 Å². The smallest absolute Gasteiger partial charge is 0.338 e. The third-order valence-corrected chi connectivity index (χ3v) is 4.50. The average molecular weight is 365 g/mol. The van der Waals surface area contributed by atoms with Gasteiger partial charge in [0.2, 0.25) is 0 Å². The number of ether oxygens (including phenoxy) is 2. The number of benzene rings is 2. The van der Waals surface area contributed by atoms with Crippen LogP contribution >= 0.6 is 0 Å². The molecule has 3 rings (SSSR count). The van der Waals surface area contributed by atoms with E-state index in [-0.39, 0.29) is 18.4 Å². The number of amides is 1. The average Bonchev–Trinajstić information content (AvgIpc) is 2.71. The molecule has 0 spiro atoms. The SMILES string of the molecule is C[C@@H](OC(=O)C1=Cc2ccccc2OC1)C(=O)NC[C@H](C)c1ccccc1. The first-order valence-corrected chi connectivity index (χ1v) is 9.00.